The number of benzene rings is 2. The molecular formula is C23H27ClO7. The van der Waals surface area contributed by atoms with Crippen molar-refractivity contribution in [1.29, 1.82) is 0 Å². The molecule has 6 atom stereocenters. The molecule has 0 saturated carbocycles. The third-order valence-electron chi connectivity index (χ3n) is 5.77. The van der Waals surface area contributed by atoms with E-state index >= 15 is 0 Å². The third-order valence-corrected chi connectivity index (χ3v) is 6.14. The summed E-state index contributed by atoms with van der Waals surface area (Å²) in [4.78, 5) is 0. The lowest BCUT2D eigenvalue weighted by Crippen LogP contribution is -2.40. The zero-order valence-electron chi connectivity index (χ0n) is 16.9. The van der Waals surface area contributed by atoms with E-state index in [-0.39, 0.29) is 6.10 Å². The molecule has 2 fully saturated rings. The Morgan fingerprint density at radius 1 is 1.10 bits per heavy atom. The van der Waals surface area contributed by atoms with E-state index in [1.54, 1.807) is 12.1 Å². The van der Waals surface area contributed by atoms with Crippen LogP contribution in [0.15, 0.2) is 42.5 Å². The maximum absolute atomic E-state index is 10.4. The molecule has 0 amide bonds. The van der Waals surface area contributed by atoms with E-state index in [4.69, 9.17) is 30.9 Å². The van der Waals surface area contributed by atoms with Crippen LogP contribution in [0.25, 0.3) is 0 Å². The van der Waals surface area contributed by atoms with Crippen LogP contribution in [-0.4, -0.2) is 70.8 Å². The molecule has 2 aromatic carbocycles. The van der Waals surface area contributed by atoms with Crippen molar-refractivity contribution in [2.45, 2.75) is 49.5 Å². The number of aliphatic hydroxyl groups is 4. The maximum atomic E-state index is 10.4. The third kappa shape index (κ3) is 5.04. The number of ether oxygens (including phenoxy) is 3. The molecule has 0 aromatic heterocycles. The van der Waals surface area contributed by atoms with Crippen LogP contribution in [0.4, 0.5) is 0 Å². The molecule has 0 spiro atoms. The molecule has 0 bridgehead atoms. The summed E-state index contributed by atoms with van der Waals surface area (Å²) in [7, 11) is 0. The van der Waals surface area contributed by atoms with E-state index < -0.39 is 37.1 Å². The molecule has 7 nitrogen and oxygen atoms in total. The van der Waals surface area contributed by atoms with Crippen molar-refractivity contribution in [3.8, 4) is 5.75 Å². The van der Waals surface area contributed by atoms with Crippen LogP contribution >= 0.6 is 11.6 Å². The molecule has 8 heteroatoms. The smallest absolute Gasteiger partial charge is 0.124 e. The molecule has 2 aliphatic heterocycles. The van der Waals surface area contributed by atoms with Gasteiger partial charge in [-0.15, -0.1) is 0 Å². The highest BCUT2D eigenvalue weighted by Crippen LogP contribution is 2.36. The Labute approximate surface area is 185 Å². The first kappa shape index (κ1) is 22.5. The van der Waals surface area contributed by atoms with Crippen molar-refractivity contribution in [3.05, 3.63) is 64.2 Å². The first-order chi connectivity index (χ1) is 15.0. The van der Waals surface area contributed by atoms with Gasteiger partial charge in [0.2, 0.25) is 0 Å². The van der Waals surface area contributed by atoms with Crippen LogP contribution in [-0.2, 0) is 15.9 Å². The summed E-state index contributed by atoms with van der Waals surface area (Å²) in [5.41, 5.74) is 2.52. The minimum atomic E-state index is -1.30. The van der Waals surface area contributed by atoms with Gasteiger partial charge in [-0.05, 0) is 41.3 Å². The lowest BCUT2D eigenvalue weighted by molar-refractivity contribution is -0.0820. The van der Waals surface area contributed by atoms with E-state index in [2.05, 4.69) is 0 Å². The van der Waals surface area contributed by atoms with E-state index in [1.165, 1.54) is 0 Å². The SMILES string of the molecule is OC[C@@H](O)C1O[C@@H](c2ccc(Cl)c(Cc3ccc(O[C@@H]4CCOC4)cc3)c2)[C@H](O)[C@H]1O. The number of hydrogen-bond donors (Lipinski definition) is 4. The first-order valence-electron chi connectivity index (χ1n) is 10.4. The van der Waals surface area contributed by atoms with Crippen molar-refractivity contribution in [2.75, 3.05) is 19.8 Å². The fourth-order valence-corrected chi connectivity index (χ4v) is 4.20. The standard InChI is InChI=1S/C23H27ClO7/c24-18-6-3-14(22-20(27)21(28)23(31-22)19(26)11-25)10-15(18)9-13-1-4-16(5-2-13)30-17-7-8-29-12-17/h1-6,10,17,19-23,25-28H,7-9,11-12H2/t17-,19-,20-,21-,22+,23?/m1/s1. The van der Waals surface area contributed by atoms with Crippen LogP contribution in [0, 0.1) is 0 Å². The quantitative estimate of drug-likeness (QED) is 0.507. The summed E-state index contributed by atoms with van der Waals surface area (Å²) >= 11 is 6.40. The van der Waals surface area contributed by atoms with Crippen LogP contribution in [0.1, 0.15) is 29.2 Å². The largest absolute Gasteiger partial charge is 0.488 e. The van der Waals surface area contributed by atoms with Gasteiger partial charge in [-0.3, -0.25) is 0 Å². The monoisotopic (exact) mass is 450 g/mol. The van der Waals surface area contributed by atoms with Gasteiger partial charge in [0.05, 0.1) is 19.8 Å². The second kappa shape index (κ2) is 9.83. The Morgan fingerprint density at radius 3 is 2.55 bits per heavy atom. The minimum Gasteiger partial charge on any atom is -0.488 e. The van der Waals surface area contributed by atoms with Crippen LogP contribution in [0.5, 0.6) is 5.75 Å². The number of hydrogen-bond acceptors (Lipinski definition) is 7. The molecule has 4 rings (SSSR count). The predicted molar refractivity (Wildman–Crippen MR) is 113 cm³/mol. The molecule has 31 heavy (non-hydrogen) atoms. The Hall–Kier alpha value is -1.71. The predicted octanol–water partition coefficient (Wildman–Crippen LogP) is 1.61. The second-order valence-electron chi connectivity index (χ2n) is 8.03. The van der Waals surface area contributed by atoms with Crippen molar-refractivity contribution >= 4 is 11.6 Å². The first-order valence-corrected chi connectivity index (χ1v) is 10.8. The topological polar surface area (TPSA) is 109 Å². The number of aliphatic hydroxyl groups excluding tert-OH is 4. The van der Waals surface area contributed by atoms with E-state index in [9.17, 15) is 15.3 Å². The van der Waals surface area contributed by atoms with E-state index in [1.807, 2.05) is 30.3 Å². The Balaban J connectivity index is 1.47. The lowest BCUT2D eigenvalue weighted by Gasteiger charge is -2.19. The van der Waals surface area contributed by atoms with Gasteiger partial charge >= 0.3 is 0 Å². The molecule has 1 unspecified atom stereocenters. The molecule has 2 aliphatic rings. The molecular weight excluding hydrogens is 424 g/mol. The minimum absolute atomic E-state index is 0.0957. The maximum Gasteiger partial charge on any atom is 0.124 e. The molecule has 4 N–H and O–H groups in total. The Bertz CT molecular complexity index is 869. The molecule has 0 radical (unpaired) electrons. The molecule has 2 aromatic rings. The molecule has 0 aliphatic carbocycles. The van der Waals surface area contributed by atoms with Gasteiger partial charge in [0.15, 0.2) is 0 Å². The molecule has 2 saturated heterocycles. The summed E-state index contributed by atoms with van der Waals surface area (Å²) in [6.45, 7) is 0.776. The summed E-state index contributed by atoms with van der Waals surface area (Å²) in [5.74, 6) is 0.795. The fourth-order valence-electron chi connectivity index (χ4n) is 4.01. The summed E-state index contributed by atoms with van der Waals surface area (Å²) in [6.07, 6.45) is -4.15. The van der Waals surface area contributed by atoms with Gasteiger partial charge in [-0.25, -0.2) is 0 Å². The average Bonchev–Trinajstić information content (AvgIpc) is 3.39. The summed E-state index contributed by atoms with van der Waals surface area (Å²) in [5, 5.41) is 40.1. The molecule has 2 heterocycles. The van der Waals surface area contributed by atoms with Crippen LogP contribution < -0.4 is 4.74 Å². The normalized spacial score (nSPS) is 29.3. The van der Waals surface area contributed by atoms with Crippen LogP contribution in [0.2, 0.25) is 5.02 Å². The summed E-state index contributed by atoms with van der Waals surface area (Å²) < 4.78 is 16.9. The van der Waals surface area contributed by atoms with E-state index in [0.717, 1.165) is 29.9 Å². The average molecular weight is 451 g/mol. The van der Waals surface area contributed by atoms with Crippen molar-refractivity contribution < 1.29 is 34.6 Å². The fraction of sp³-hybridized carbons (Fsp3) is 0.478. The number of rotatable bonds is 7. The summed E-state index contributed by atoms with van der Waals surface area (Å²) in [6, 6.07) is 13.1. The highest BCUT2D eigenvalue weighted by molar-refractivity contribution is 6.31. The van der Waals surface area contributed by atoms with Crippen LogP contribution in [0.3, 0.4) is 0 Å². The highest BCUT2D eigenvalue weighted by Gasteiger charge is 2.46. The van der Waals surface area contributed by atoms with Gasteiger partial charge in [-0.2, -0.15) is 0 Å². The highest BCUT2D eigenvalue weighted by atomic mass is 35.5. The van der Waals surface area contributed by atoms with Gasteiger partial charge < -0.3 is 34.6 Å². The van der Waals surface area contributed by atoms with Gasteiger partial charge in [0.25, 0.3) is 0 Å². The van der Waals surface area contributed by atoms with Crippen molar-refractivity contribution in [2.24, 2.45) is 0 Å². The van der Waals surface area contributed by atoms with E-state index in [0.29, 0.717) is 23.6 Å². The van der Waals surface area contributed by atoms with Gasteiger partial charge in [0.1, 0.15) is 42.4 Å². The second-order valence-corrected chi connectivity index (χ2v) is 8.43. The van der Waals surface area contributed by atoms with Crippen molar-refractivity contribution in [3.63, 3.8) is 0 Å². The zero-order chi connectivity index (χ0) is 22.0. The number of halogens is 1. The van der Waals surface area contributed by atoms with Gasteiger partial charge in [0, 0.05) is 11.4 Å². The molecule has 168 valence electrons. The van der Waals surface area contributed by atoms with Gasteiger partial charge in [-0.1, -0.05) is 35.9 Å². The van der Waals surface area contributed by atoms with Crippen molar-refractivity contribution in [1.82, 2.24) is 0 Å². The Morgan fingerprint density at radius 2 is 1.87 bits per heavy atom. The zero-order valence-corrected chi connectivity index (χ0v) is 17.7. The Kier molecular flexibility index (Phi) is 7.13. The lowest BCUT2D eigenvalue weighted by atomic mass is 9.96.